The molecule has 140 valence electrons. The molecule has 2 aromatic rings. The zero-order valence-electron chi connectivity index (χ0n) is 15.3. The van der Waals surface area contributed by atoms with Crippen molar-refractivity contribution in [3.8, 4) is 0 Å². The van der Waals surface area contributed by atoms with E-state index < -0.39 is 0 Å². The topological polar surface area (TPSA) is 64.2 Å². The average Bonchev–Trinajstić information content (AvgIpc) is 3.24. The van der Waals surface area contributed by atoms with Crippen LogP contribution in [0, 0.1) is 0 Å². The fourth-order valence-electron chi connectivity index (χ4n) is 3.66. The summed E-state index contributed by atoms with van der Waals surface area (Å²) in [6.07, 6.45) is 10.1. The monoisotopic (exact) mass is 374 g/mol. The van der Waals surface area contributed by atoms with E-state index in [4.69, 9.17) is 4.42 Å². The molecule has 1 amide bonds. The molecule has 7 heteroatoms. The molecule has 0 atom stereocenters. The van der Waals surface area contributed by atoms with Gasteiger partial charge < -0.3 is 9.32 Å². The van der Waals surface area contributed by atoms with Crippen LogP contribution in [0.15, 0.2) is 28.0 Å². The molecule has 0 aliphatic heterocycles. The van der Waals surface area contributed by atoms with Gasteiger partial charge in [0.25, 0.3) is 0 Å². The molecule has 4 rings (SSSR count). The Labute approximate surface area is 158 Å². The summed E-state index contributed by atoms with van der Waals surface area (Å²) in [6.45, 7) is 0.626. The summed E-state index contributed by atoms with van der Waals surface area (Å²) >= 11 is 1.49. The van der Waals surface area contributed by atoms with Crippen LogP contribution in [0.4, 0.5) is 0 Å². The lowest BCUT2D eigenvalue weighted by Crippen LogP contribution is -2.39. The number of hydrogen-bond acceptors (Lipinski definition) is 5. The van der Waals surface area contributed by atoms with Crippen LogP contribution in [0.25, 0.3) is 0 Å². The second-order valence-corrected chi connectivity index (χ2v) is 8.31. The maximum absolute atomic E-state index is 12.6. The van der Waals surface area contributed by atoms with Crippen molar-refractivity contribution >= 4 is 17.7 Å². The van der Waals surface area contributed by atoms with Crippen LogP contribution in [0.2, 0.25) is 0 Å². The number of carbonyl (C=O) groups excluding carboxylic acids is 1. The molecule has 0 bridgehead atoms. The highest BCUT2D eigenvalue weighted by Crippen LogP contribution is 2.40. The quantitative estimate of drug-likeness (QED) is 0.692. The first-order chi connectivity index (χ1) is 12.7. The normalized spacial score (nSPS) is 18.2. The van der Waals surface area contributed by atoms with Crippen molar-refractivity contribution in [2.45, 2.75) is 68.6 Å². The van der Waals surface area contributed by atoms with Crippen molar-refractivity contribution in [2.75, 3.05) is 12.8 Å². The molecule has 2 saturated carbocycles. The Hall–Kier alpha value is -1.76. The first-order valence-corrected chi connectivity index (χ1v) is 10.5. The lowest BCUT2D eigenvalue weighted by atomic mass is 9.94. The van der Waals surface area contributed by atoms with E-state index in [-0.39, 0.29) is 5.91 Å². The maximum Gasteiger partial charge on any atom is 0.233 e. The fraction of sp³-hybridized carbons (Fsp3) is 0.632. The number of furan rings is 1. The van der Waals surface area contributed by atoms with Gasteiger partial charge in [-0.3, -0.25) is 9.36 Å². The van der Waals surface area contributed by atoms with Gasteiger partial charge in [0.15, 0.2) is 5.16 Å². The van der Waals surface area contributed by atoms with E-state index in [0.29, 0.717) is 24.3 Å². The molecule has 2 aromatic heterocycles. The minimum Gasteiger partial charge on any atom is -0.467 e. The maximum atomic E-state index is 12.6. The summed E-state index contributed by atoms with van der Waals surface area (Å²) < 4.78 is 7.62. The Morgan fingerprint density at radius 2 is 2.08 bits per heavy atom. The Morgan fingerprint density at radius 3 is 2.77 bits per heavy atom. The molecule has 2 aliphatic rings. The van der Waals surface area contributed by atoms with Gasteiger partial charge in [-0.15, -0.1) is 10.2 Å². The number of amides is 1. The van der Waals surface area contributed by atoms with Gasteiger partial charge in [-0.2, -0.15) is 0 Å². The van der Waals surface area contributed by atoms with Gasteiger partial charge in [0, 0.05) is 19.0 Å². The number of hydrogen-bond donors (Lipinski definition) is 0. The minimum absolute atomic E-state index is 0.183. The Bertz CT molecular complexity index is 733. The predicted octanol–water partition coefficient (Wildman–Crippen LogP) is 3.68. The van der Waals surface area contributed by atoms with E-state index >= 15 is 0 Å². The molecule has 0 spiro atoms. The SMILES string of the molecule is CN(C(=O)CSc1nnc(C2CC2)n1Cc1ccco1)C1CCCCC1. The van der Waals surface area contributed by atoms with Crippen molar-refractivity contribution in [2.24, 2.45) is 0 Å². The number of carbonyl (C=O) groups is 1. The van der Waals surface area contributed by atoms with Crippen LogP contribution in [-0.2, 0) is 11.3 Å². The summed E-state index contributed by atoms with van der Waals surface area (Å²) in [6, 6.07) is 4.26. The molecule has 2 heterocycles. The Morgan fingerprint density at radius 1 is 1.27 bits per heavy atom. The highest BCUT2D eigenvalue weighted by atomic mass is 32.2. The van der Waals surface area contributed by atoms with E-state index in [1.807, 2.05) is 24.1 Å². The highest BCUT2D eigenvalue weighted by Gasteiger charge is 2.31. The Balaban J connectivity index is 1.41. The van der Waals surface area contributed by atoms with Gasteiger partial charge in [0.05, 0.1) is 18.6 Å². The number of nitrogens with zero attached hydrogens (tertiary/aromatic N) is 4. The standard InChI is InChI=1S/C19H26N4O2S/c1-22(15-6-3-2-4-7-15)17(24)13-26-19-21-20-18(14-9-10-14)23(19)12-16-8-5-11-25-16/h5,8,11,14-15H,2-4,6-7,9-10,12-13H2,1H3. The lowest BCUT2D eigenvalue weighted by Gasteiger charge is -2.31. The van der Waals surface area contributed by atoms with Gasteiger partial charge in [-0.25, -0.2) is 0 Å². The first kappa shape index (κ1) is 17.6. The van der Waals surface area contributed by atoms with Crippen molar-refractivity contribution in [3.63, 3.8) is 0 Å². The van der Waals surface area contributed by atoms with Gasteiger partial charge in [0.1, 0.15) is 11.6 Å². The van der Waals surface area contributed by atoms with Crippen LogP contribution in [0.5, 0.6) is 0 Å². The second-order valence-electron chi connectivity index (χ2n) is 7.37. The molecule has 2 fully saturated rings. The molecule has 26 heavy (non-hydrogen) atoms. The molecule has 0 unspecified atom stereocenters. The van der Waals surface area contributed by atoms with Crippen LogP contribution >= 0.6 is 11.8 Å². The van der Waals surface area contributed by atoms with E-state index in [1.54, 1.807) is 6.26 Å². The molecule has 0 N–H and O–H groups in total. The molecule has 2 aliphatic carbocycles. The third kappa shape index (κ3) is 3.98. The molecule has 0 radical (unpaired) electrons. The first-order valence-electron chi connectivity index (χ1n) is 9.56. The summed E-state index contributed by atoms with van der Waals surface area (Å²) in [5, 5.41) is 9.58. The highest BCUT2D eigenvalue weighted by molar-refractivity contribution is 7.99. The second kappa shape index (κ2) is 7.86. The summed E-state index contributed by atoms with van der Waals surface area (Å²) in [4.78, 5) is 14.6. The zero-order chi connectivity index (χ0) is 17.9. The van der Waals surface area contributed by atoms with Gasteiger partial charge >= 0.3 is 0 Å². The summed E-state index contributed by atoms with van der Waals surface area (Å²) in [7, 11) is 1.95. The fourth-order valence-corrected chi connectivity index (χ4v) is 4.53. The van der Waals surface area contributed by atoms with Gasteiger partial charge in [-0.1, -0.05) is 31.0 Å². The number of aromatic nitrogens is 3. The lowest BCUT2D eigenvalue weighted by molar-refractivity contribution is -0.129. The van der Waals surface area contributed by atoms with Crippen molar-refractivity contribution in [1.29, 1.82) is 0 Å². The Kier molecular flexibility index (Phi) is 5.33. The number of thioether (sulfide) groups is 1. The van der Waals surface area contributed by atoms with Crippen LogP contribution in [0.1, 0.15) is 62.4 Å². The van der Waals surface area contributed by atoms with Crippen LogP contribution in [-0.4, -0.2) is 44.4 Å². The molecule has 0 aromatic carbocycles. The van der Waals surface area contributed by atoms with E-state index in [9.17, 15) is 4.79 Å². The molecule has 0 saturated heterocycles. The third-order valence-electron chi connectivity index (χ3n) is 5.42. The minimum atomic E-state index is 0.183. The van der Waals surface area contributed by atoms with Crippen molar-refractivity contribution in [3.05, 3.63) is 30.0 Å². The van der Waals surface area contributed by atoms with Crippen LogP contribution in [0.3, 0.4) is 0 Å². The van der Waals surface area contributed by atoms with E-state index in [0.717, 1.165) is 29.6 Å². The summed E-state index contributed by atoms with van der Waals surface area (Å²) in [5.41, 5.74) is 0. The molecule has 6 nitrogen and oxygen atoms in total. The zero-order valence-corrected chi connectivity index (χ0v) is 16.1. The number of rotatable bonds is 7. The van der Waals surface area contributed by atoms with E-state index in [2.05, 4.69) is 14.8 Å². The molecular weight excluding hydrogens is 348 g/mol. The molecular formula is C19H26N4O2S. The smallest absolute Gasteiger partial charge is 0.233 e. The summed E-state index contributed by atoms with van der Waals surface area (Å²) in [5.74, 6) is 3.01. The van der Waals surface area contributed by atoms with Gasteiger partial charge in [0.2, 0.25) is 5.91 Å². The van der Waals surface area contributed by atoms with E-state index in [1.165, 1.54) is 43.9 Å². The average molecular weight is 375 g/mol. The third-order valence-corrected chi connectivity index (χ3v) is 6.37. The van der Waals surface area contributed by atoms with Crippen LogP contribution < -0.4 is 0 Å². The predicted molar refractivity (Wildman–Crippen MR) is 100 cm³/mol. The van der Waals surface area contributed by atoms with Crippen molar-refractivity contribution < 1.29 is 9.21 Å². The van der Waals surface area contributed by atoms with Gasteiger partial charge in [-0.05, 0) is 37.8 Å². The largest absolute Gasteiger partial charge is 0.467 e. The van der Waals surface area contributed by atoms with Crippen molar-refractivity contribution in [1.82, 2.24) is 19.7 Å².